The van der Waals surface area contributed by atoms with Gasteiger partial charge in [-0.15, -0.1) is 0 Å². The largest absolute Gasteiger partial charge is 1.00 e. The van der Waals surface area contributed by atoms with Crippen LogP contribution in [0.1, 0.15) is 7.65 Å². The Morgan fingerprint density at radius 1 is 1.31 bits per heavy atom. The van der Waals surface area contributed by atoms with E-state index in [2.05, 4.69) is 13.8 Å². The Morgan fingerprint density at radius 3 is 2.46 bits per heavy atom. The second-order valence-electron chi connectivity index (χ2n) is 4.93. The number of anilines is 1. The summed E-state index contributed by atoms with van der Waals surface area (Å²) in [6.07, 6.45) is -4.93. The van der Waals surface area contributed by atoms with Gasteiger partial charge in [-0.1, -0.05) is 0 Å². The van der Waals surface area contributed by atoms with Crippen molar-refractivity contribution in [1.29, 1.82) is 0 Å². The molecule has 0 saturated carbocycles. The molecule has 0 bridgehead atoms. The van der Waals surface area contributed by atoms with Crippen molar-refractivity contribution in [2.24, 2.45) is 0 Å². The zero-order valence-electron chi connectivity index (χ0n) is 14.2. The predicted molar refractivity (Wildman–Crippen MR) is 78.9 cm³/mol. The van der Waals surface area contributed by atoms with Crippen LogP contribution in [0.15, 0.2) is 17.1 Å². The minimum absolute atomic E-state index is 0. The van der Waals surface area contributed by atoms with E-state index in [1.165, 1.54) is 6.07 Å². The number of aromatic nitrogens is 2. The Bertz CT molecular complexity index is 791. The molecule has 3 unspecified atom stereocenters. The number of hydrogen-bond donors (Lipinski definition) is 6. The first-order valence-corrected chi connectivity index (χ1v) is 9.53. The number of nitrogen functional groups attached to an aromatic ring is 1. The third kappa shape index (κ3) is 6.51. The Hall–Kier alpha value is 0.456. The van der Waals surface area contributed by atoms with Gasteiger partial charge >= 0.3 is 72.7 Å². The number of phosphoric ester groups is 1. The molecule has 0 spiro atoms. The SMILES string of the molecule is Nc1ccn([C@@H]2O[C@H](COP(=O)(O)OP(=O)(O)O)C(O)C2O)c(=O)n1.[H-].[K+]. The minimum Gasteiger partial charge on any atom is -1.00 e. The second kappa shape index (κ2) is 9.30. The summed E-state index contributed by atoms with van der Waals surface area (Å²) in [5, 5.41) is 19.8. The molecule has 0 aliphatic carbocycles. The molecule has 1 saturated heterocycles. The van der Waals surface area contributed by atoms with E-state index in [9.17, 15) is 24.1 Å². The summed E-state index contributed by atoms with van der Waals surface area (Å²) in [4.78, 5) is 41.3. The average molecular weight is 443 g/mol. The molecule has 0 radical (unpaired) electrons. The van der Waals surface area contributed by atoms with Crippen LogP contribution < -0.4 is 62.8 Å². The fraction of sp³-hybridized carbons (Fsp3) is 0.556. The first-order valence-electron chi connectivity index (χ1n) is 6.50. The van der Waals surface area contributed by atoms with Crippen molar-refractivity contribution in [3.63, 3.8) is 0 Å². The van der Waals surface area contributed by atoms with Crippen LogP contribution >= 0.6 is 15.6 Å². The van der Waals surface area contributed by atoms with Crippen LogP contribution in [0, 0.1) is 0 Å². The molecular formula is C9H16KN3O11P2. The molecule has 14 nitrogen and oxygen atoms in total. The monoisotopic (exact) mass is 443 g/mol. The molecule has 1 aliphatic heterocycles. The molecule has 0 amide bonds. The van der Waals surface area contributed by atoms with E-state index in [1.54, 1.807) is 0 Å². The topological polar surface area (TPSA) is 224 Å². The van der Waals surface area contributed by atoms with Crippen LogP contribution in [0.4, 0.5) is 5.82 Å². The number of ether oxygens (including phenoxy) is 1. The third-order valence-corrected chi connectivity index (χ3v) is 5.23. The van der Waals surface area contributed by atoms with E-state index in [0.717, 1.165) is 10.8 Å². The van der Waals surface area contributed by atoms with Gasteiger partial charge in [-0.3, -0.25) is 9.09 Å². The number of rotatable bonds is 6. The minimum atomic E-state index is -5.30. The van der Waals surface area contributed by atoms with Crippen molar-refractivity contribution in [3.05, 3.63) is 22.7 Å². The first-order chi connectivity index (χ1) is 11.4. The van der Waals surface area contributed by atoms with Gasteiger partial charge in [0, 0.05) is 6.20 Å². The van der Waals surface area contributed by atoms with Crippen LogP contribution in [0.2, 0.25) is 0 Å². The smallest absolute Gasteiger partial charge is 1.00 e. The number of nitrogens with zero attached hydrogens (tertiary/aromatic N) is 2. The molecule has 1 aromatic rings. The summed E-state index contributed by atoms with van der Waals surface area (Å²) in [6.45, 7) is -0.875. The summed E-state index contributed by atoms with van der Waals surface area (Å²) in [6, 6.07) is 1.24. The Morgan fingerprint density at radius 2 is 1.92 bits per heavy atom. The van der Waals surface area contributed by atoms with Crippen LogP contribution in [0.5, 0.6) is 0 Å². The van der Waals surface area contributed by atoms with Crippen molar-refractivity contribution in [1.82, 2.24) is 9.55 Å². The third-order valence-electron chi connectivity index (χ3n) is 3.07. The summed E-state index contributed by atoms with van der Waals surface area (Å²) in [5.41, 5.74) is 4.45. The van der Waals surface area contributed by atoms with E-state index < -0.39 is 52.5 Å². The van der Waals surface area contributed by atoms with Crippen LogP contribution in [0.25, 0.3) is 0 Å². The quantitative estimate of drug-likeness (QED) is 0.179. The Balaban J connectivity index is 0.00000338. The normalized spacial score (nSPS) is 28.3. The van der Waals surface area contributed by atoms with Gasteiger partial charge in [0.25, 0.3) is 0 Å². The summed E-state index contributed by atoms with van der Waals surface area (Å²) >= 11 is 0. The summed E-state index contributed by atoms with van der Waals surface area (Å²) < 4.78 is 35.8. The number of nitrogens with two attached hydrogens (primary N) is 1. The molecule has 26 heavy (non-hydrogen) atoms. The van der Waals surface area contributed by atoms with E-state index in [1.807, 2.05) is 0 Å². The van der Waals surface area contributed by atoms with E-state index in [4.69, 9.17) is 25.2 Å². The van der Waals surface area contributed by atoms with Crippen LogP contribution in [0.3, 0.4) is 0 Å². The van der Waals surface area contributed by atoms with Gasteiger partial charge in [0.1, 0.15) is 24.1 Å². The fourth-order valence-electron chi connectivity index (χ4n) is 2.04. The molecule has 2 heterocycles. The van der Waals surface area contributed by atoms with Crippen molar-refractivity contribution >= 4 is 21.5 Å². The number of aliphatic hydroxyl groups excluding tert-OH is 2. The molecule has 17 heteroatoms. The van der Waals surface area contributed by atoms with Crippen molar-refractivity contribution < 1.29 is 100 Å². The number of aliphatic hydroxyl groups is 2. The van der Waals surface area contributed by atoms with Gasteiger partial charge in [-0.25, -0.2) is 13.9 Å². The van der Waals surface area contributed by atoms with E-state index in [0.29, 0.717) is 0 Å². The maximum atomic E-state index is 11.7. The molecule has 1 aliphatic rings. The molecule has 1 fully saturated rings. The molecular weight excluding hydrogens is 427 g/mol. The fourth-order valence-corrected chi connectivity index (χ4v) is 3.64. The predicted octanol–water partition coefficient (Wildman–Crippen LogP) is -5.21. The molecule has 144 valence electrons. The zero-order chi connectivity index (χ0) is 19.0. The second-order valence-corrected chi connectivity index (χ2v) is 7.75. The molecule has 5 atom stereocenters. The Labute approximate surface area is 189 Å². The summed E-state index contributed by atoms with van der Waals surface area (Å²) in [7, 11) is -10.5. The van der Waals surface area contributed by atoms with Gasteiger partial charge in [0.2, 0.25) is 0 Å². The molecule has 1 aromatic heterocycles. The maximum absolute atomic E-state index is 11.7. The molecule has 0 aromatic carbocycles. The maximum Gasteiger partial charge on any atom is 1.00 e. The first kappa shape index (κ1) is 24.5. The van der Waals surface area contributed by atoms with Gasteiger partial charge < -0.3 is 36.8 Å². The van der Waals surface area contributed by atoms with Gasteiger partial charge in [0.15, 0.2) is 6.23 Å². The number of phosphoric acid groups is 2. The van der Waals surface area contributed by atoms with Crippen LogP contribution in [-0.4, -0.2) is 59.4 Å². The van der Waals surface area contributed by atoms with Gasteiger partial charge in [-0.05, 0) is 6.07 Å². The number of hydrogen-bond acceptors (Lipinski definition) is 10. The van der Waals surface area contributed by atoms with Gasteiger partial charge in [-0.2, -0.15) is 9.29 Å². The van der Waals surface area contributed by atoms with Crippen LogP contribution in [-0.2, 0) is 22.7 Å². The van der Waals surface area contributed by atoms with Gasteiger partial charge in [0.05, 0.1) is 6.61 Å². The van der Waals surface area contributed by atoms with E-state index >= 15 is 0 Å². The zero-order valence-corrected chi connectivity index (χ0v) is 18.1. The van der Waals surface area contributed by atoms with E-state index in [-0.39, 0.29) is 58.6 Å². The van der Waals surface area contributed by atoms with Crippen molar-refractivity contribution in [3.8, 4) is 0 Å². The standard InChI is InChI=1S/C9H15N3O11P2.K.H/c10-5-1-2-12(9(15)11-5)8-7(14)6(13)4(22-8)3-21-25(19,20)23-24(16,17)18;;/h1-2,4,6-8,13-14H,3H2,(H,19,20)(H2,10,11,15)(H2,16,17,18);;/q;+1;-1/t4-,6?,7?,8-;;/m1../s1. The average Bonchev–Trinajstić information content (AvgIpc) is 2.71. The summed E-state index contributed by atoms with van der Waals surface area (Å²) in [5.74, 6) is -0.0787. The van der Waals surface area contributed by atoms with Crippen molar-refractivity contribution in [2.75, 3.05) is 12.3 Å². The molecule has 2 rings (SSSR count). The Kier molecular flexibility index (Phi) is 8.76. The molecule has 7 N–H and O–H groups in total. The van der Waals surface area contributed by atoms with Crippen molar-refractivity contribution in [2.45, 2.75) is 24.5 Å².